The van der Waals surface area contributed by atoms with Crippen LogP contribution in [-0.4, -0.2) is 56.0 Å². The lowest BCUT2D eigenvalue weighted by atomic mass is 9.98. The summed E-state index contributed by atoms with van der Waals surface area (Å²) in [5.74, 6) is -0.994. The van der Waals surface area contributed by atoms with Crippen molar-refractivity contribution in [2.45, 2.75) is 154 Å². The number of ether oxygens (including phenoxy) is 2. The lowest BCUT2D eigenvalue weighted by Crippen LogP contribution is -2.46. The van der Waals surface area contributed by atoms with Gasteiger partial charge in [-0.15, -0.1) is 0 Å². The molecule has 42 heavy (non-hydrogen) atoms. The number of unbranched alkanes of at least 4 members (excludes halogenated alkanes) is 10. The van der Waals surface area contributed by atoms with Crippen LogP contribution < -0.4 is 5.32 Å². The maximum Gasteiger partial charge on any atom is 0.407 e. The molecule has 242 valence electrons. The Bertz CT molecular complexity index is 1000. The number of carbonyl (C=O) groups is 2. The van der Waals surface area contributed by atoms with Gasteiger partial charge in [0, 0.05) is 6.04 Å². The summed E-state index contributed by atoms with van der Waals surface area (Å²) >= 11 is 0. The molecule has 0 aliphatic rings. The van der Waals surface area contributed by atoms with E-state index in [0.29, 0.717) is 6.42 Å². The van der Waals surface area contributed by atoms with E-state index < -0.39 is 46.0 Å². The second-order valence-corrected chi connectivity index (χ2v) is 13.6. The van der Waals surface area contributed by atoms with Gasteiger partial charge in [-0.2, -0.15) is 8.42 Å². The van der Waals surface area contributed by atoms with Crippen molar-refractivity contribution in [3.63, 3.8) is 0 Å². The quantitative estimate of drug-likeness (QED) is 0.0864. The zero-order valence-electron chi connectivity index (χ0n) is 26.7. The van der Waals surface area contributed by atoms with Gasteiger partial charge in [-0.25, -0.2) is 13.8 Å². The fourth-order valence-corrected chi connectivity index (χ4v) is 5.64. The SMILES string of the molecule is CCCCCCCCCCCCC[C@H](C[C@@H](O)[C@H](OS(=O)(=O)c1ccc(C)cc1)C(=O)OCC)NC(=O)OC(C)(C)C. The molecule has 0 spiro atoms. The number of aliphatic hydroxyl groups excluding tert-OH is 1. The van der Waals surface area contributed by atoms with E-state index in [0.717, 1.165) is 31.2 Å². The van der Waals surface area contributed by atoms with E-state index in [9.17, 15) is 23.1 Å². The Morgan fingerprint density at radius 1 is 0.881 bits per heavy atom. The standard InChI is InChI=1S/C32H55NO8S/c1-7-9-10-11-12-13-14-15-16-17-18-19-26(33-31(36)40-32(4,5)6)24-28(34)29(30(35)39-8-2)41-42(37,38)27-22-20-25(3)21-23-27/h20-23,26,28-29,34H,7-19,24H2,1-6H3,(H,33,36)/t26-,28-,29+/m1/s1. The number of carbonyl (C=O) groups excluding carboxylic acids is 2. The summed E-state index contributed by atoms with van der Waals surface area (Å²) < 4.78 is 41.6. The predicted octanol–water partition coefficient (Wildman–Crippen LogP) is 6.98. The van der Waals surface area contributed by atoms with E-state index in [-0.39, 0.29) is 17.9 Å². The molecule has 3 atom stereocenters. The van der Waals surface area contributed by atoms with Crippen molar-refractivity contribution >= 4 is 22.2 Å². The number of nitrogens with one attached hydrogen (secondary N) is 1. The van der Waals surface area contributed by atoms with Gasteiger partial charge >= 0.3 is 12.1 Å². The molecule has 0 aliphatic carbocycles. The molecule has 0 saturated carbocycles. The van der Waals surface area contributed by atoms with Crippen molar-refractivity contribution in [1.29, 1.82) is 0 Å². The largest absolute Gasteiger partial charge is 0.464 e. The fraction of sp³-hybridized carbons (Fsp3) is 0.750. The topological polar surface area (TPSA) is 128 Å². The van der Waals surface area contributed by atoms with E-state index >= 15 is 0 Å². The van der Waals surface area contributed by atoms with Gasteiger partial charge in [0.2, 0.25) is 0 Å². The molecule has 0 radical (unpaired) electrons. The highest BCUT2D eigenvalue weighted by Gasteiger charge is 2.36. The molecule has 0 bridgehead atoms. The first kappa shape index (κ1) is 37.9. The Labute approximate surface area is 254 Å². The van der Waals surface area contributed by atoms with Gasteiger partial charge in [0.05, 0.1) is 17.6 Å². The molecule has 1 aromatic carbocycles. The second-order valence-electron chi connectivity index (χ2n) is 12.0. The van der Waals surface area contributed by atoms with E-state index in [1.807, 2.05) is 6.92 Å². The molecule has 1 aromatic rings. The average molecular weight is 614 g/mol. The number of hydrogen-bond donors (Lipinski definition) is 2. The average Bonchev–Trinajstić information content (AvgIpc) is 2.89. The summed E-state index contributed by atoms with van der Waals surface area (Å²) in [6.45, 7) is 10.8. The monoisotopic (exact) mass is 613 g/mol. The number of alkyl carbamates (subject to hydrolysis) is 1. The van der Waals surface area contributed by atoms with Crippen molar-refractivity contribution in [2.24, 2.45) is 0 Å². The first-order chi connectivity index (χ1) is 19.8. The number of benzene rings is 1. The van der Waals surface area contributed by atoms with E-state index in [1.54, 1.807) is 39.8 Å². The molecule has 1 rings (SSSR count). The van der Waals surface area contributed by atoms with Gasteiger partial charge in [0.25, 0.3) is 10.1 Å². The minimum Gasteiger partial charge on any atom is -0.464 e. The molecular weight excluding hydrogens is 558 g/mol. The van der Waals surface area contributed by atoms with Crippen LogP contribution in [0.3, 0.4) is 0 Å². The van der Waals surface area contributed by atoms with Crippen LogP contribution >= 0.6 is 0 Å². The third kappa shape index (κ3) is 16.5. The smallest absolute Gasteiger partial charge is 0.407 e. The van der Waals surface area contributed by atoms with Crippen LogP contribution in [0.15, 0.2) is 29.2 Å². The van der Waals surface area contributed by atoms with E-state index in [2.05, 4.69) is 12.2 Å². The number of aryl methyl sites for hydroxylation is 1. The molecule has 2 N–H and O–H groups in total. The highest BCUT2D eigenvalue weighted by molar-refractivity contribution is 7.86. The van der Waals surface area contributed by atoms with Crippen LogP contribution in [-0.2, 0) is 28.6 Å². The molecule has 10 heteroatoms. The summed E-state index contributed by atoms with van der Waals surface area (Å²) in [6.07, 6.45) is 9.28. The summed E-state index contributed by atoms with van der Waals surface area (Å²) in [6, 6.07) is 5.40. The molecule has 0 fully saturated rings. The third-order valence-corrected chi connectivity index (χ3v) is 8.12. The van der Waals surface area contributed by atoms with Crippen LogP contribution in [0.4, 0.5) is 4.79 Å². The molecule has 0 saturated heterocycles. The Kier molecular flexibility index (Phi) is 17.9. The molecule has 0 aliphatic heterocycles. The molecule has 9 nitrogen and oxygen atoms in total. The first-order valence-corrected chi connectivity index (χ1v) is 17.0. The van der Waals surface area contributed by atoms with Crippen LogP contribution in [0.5, 0.6) is 0 Å². The van der Waals surface area contributed by atoms with Crippen LogP contribution in [0, 0.1) is 6.92 Å². The first-order valence-electron chi connectivity index (χ1n) is 15.6. The third-order valence-electron chi connectivity index (χ3n) is 6.81. The molecule has 0 unspecified atom stereocenters. The van der Waals surface area contributed by atoms with Crippen LogP contribution in [0.2, 0.25) is 0 Å². The number of aliphatic hydroxyl groups is 1. The van der Waals surface area contributed by atoms with Crippen LogP contribution in [0.1, 0.15) is 124 Å². The van der Waals surface area contributed by atoms with Crippen molar-refractivity contribution in [2.75, 3.05) is 6.61 Å². The highest BCUT2D eigenvalue weighted by Crippen LogP contribution is 2.21. The van der Waals surface area contributed by atoms with Crippen molar-refractivity contribution in [1.82, 2.24) is 5.32 Å². The summed E-state index contributed by atoms with van der Waals surface area (Å²) in [4.78, 5) is 25.1. The van der Waals surface area contributed by atoms with Gasteiger partial charge in [0.15, 0.2) is 6.10 Å². The predicted molar refractivity (Wildman–Crippen MR) is 165 cm³/mol. The van der Waals surface area contributed by atoms with Gasteiger partial charge in [-0.05, 0) is 59.6 Å². The Morgan fingerprint density at radius 3 is 1.90 bits per heavy atom. The number of hydrogen-bond acceptors (Lipinski definition) is 8. The minimum absolute atomic E-state index is 0.0195. The highest BCUT2D eigenvalue weighted by atomic mass is 32.2. The number of rotatable bonds is 21. The second kappa shape index (κ2) is 19.9. The molecule has 1 amide bonds. The Balaban J connectivity index is 2.84. The lowest BCUT2D eigenvalue weighted by molar-refractivity contribution is -0.157. The zero-order valence-corrected chi connectivity index (χ0v) is 27.5. The Morgan fingerprint density at radius 2 is 1.40 bits per heavy atom. The van der Waals surface area contributed by atoms with Crippen molar-refractivity contribution < 1.29 is 36.8 Å². The minimum atomic E-state index is -4.38. The maximum absolute atomic E-state index is 12.9. The van der Waals surface area contributed by atoms with Crippen LogP contribution in [0.25, 0.3) is 0 Å². The fourth-order valence-electron chi connectivity index (χ4n) is 4.58. The normalized spacial score (nSPS) is 14.2. The van der Waals surface area contributed by atoms with Gasteiger partial charge < -0.3 is 19.9 Å². The summed E-state index contributed by atoms with van der Waals surface area (Å²) in [5.41, 5.74) is 0.136. The number of esters is 1. The van der Waals surface area contributed by atoms with Crippen molar-refractivity contribution in [3.05, 3.63) is 29.8 Å². The van der Waals surface area contributed by atoms with E-state index in [1.165, 1.54) is 57.1 Å². The maximum atomic E-state index is 12.9. The Hall–Kier alpha value is -2.17. The number of amides is 1. The summed E-state index contributed by atoms with van der Waals surface area (Å²) in [7, 11) is -4.38. The summed E-state index contributed by atoms with van der Waals surface area (Å²) in [5, 5.41) is 13.9. The molecule has 0 heterocycles. The zero-order chi connectivity index (χ0) is 31.6. The van der Waals surface area contributed by atoms with Gasteiger partial charge in [-0.3, -0.25) is 0 Å². The van der Waals surface area contributed by atoms with Gasteiger partial charge in [-0.1, -0.05) is 95.2 Å². The van der Waals surface area contributed by atoms with Gasteiger partial charge in [0.1, 0.15) is 5.60 Å². The lowest BCUT2D eigenvalue weighted by Gasteiger charge is -2.27. The molecular formula is C32H55NO8S. The van der Waals surface area contributed by atoms with E-state index in [4.69, 9.17) is 13.7 Å². The molecule has 0 aromatic heterocycles. The van der Waals surface area contributed by atoms with Crippen molar-refractivity contribution in [3.8, 4) is 0 Å².